The fourth-order valence-electron chi connectivity index (χ4n) is 2.64. The van der Waals surface area contributed by atoms with Gasteiger partial charge in [-0.3, -0.25) is 10.1 Å². The number of nitrogens with one attached hydrogen (secondary N) is 1. The fraction of sp³-hybridized carbons (Fsp3) is 0.316. The zero-order chi connectivity index (χ0) is 22.2. The van der Waals surface area contributed by atoms with Crippen molar-refractivity contribution in [1.82, 2.24) is 25.5 Å². The minimum atomic E-state index is -0.439. The Morgan fingerprint density at radius 3 is 2.68 bits per heavy atom. The number of halogens is 1. The Hall–Kier alpha value is -2.89. The van der Waals surface area contributed by atoms with Gasteiger partial charge in [-0.15, -0.1) is 5.10 Å². The third-order valence-electron chi connectivity index (χ3n) is 4.28. The fourth-order valence-corrected chi connectivity index (χ4v) is 3.61. The molecule has 3 rings (SSSR count). The molecule has 0 bridgehead atoms. The molecule has 0 aliphatic heterocycles. The summed E-state index contributed by atoms with van der Waals surface area (Å²) in [6.45, 7) is 1.54. The molecule has 0 saturated heterocycles. The Labute approximate surface area is 188 Å². The Kier molecular flexibility index (Phi) is 8.04. The van der Waals surface area contributed by atoms with Gasteiger partial charge in [-0.2, -0.15) is 0 Å². The number of thioether (sulfide) groups is 1. The highest BCUT2D eigenvalue weighted by molar-refractivity contribution is 7.99. The van der Waals surface area contributed by atoms with E-state index in [0.717, 1.165) is 28.6 Å². The van der Waals surface area contributed by atoms with E-state index in [2.05, 4.69) is 20.8 Å². The van der Waals surface area contributed by atoms with Gasteiger partial charge >= 0.3 is 0 Å². The Bertz CT molecular complexity index is 1030. The highest BCUT2D eigenvalue weighted by atomic mass is 35.5. The van der Waals surface area contributed by atoms with E-state index in [0.29, 0.717) is 23.1 Å². The van der Waals surface area contributed by atoms with Crippen LogP contribution in [0.25, 0.3) is 0 Å². The van der Waals surface area contributed by atoms with Crippen LogP contribution in [0.2, 0.25) is 5.02 Å². The van der Waals surface area contributed by atoms with Crippen LogP contribution in [0, 0.1) is 10.1 Å². The molecule has 0 aliphatic carbocycles. The van der Waals surface area contributed by atoms with Crippen molar-refractivity contribution in [2.45, 2.75) is 18.3 Å². The number of nitro benzene ring substituents is 1. The highest BCUT2D eigenvalue weighted by Gasteiger charge is 2.12. The lowest BCUT2D eigenvalue weighted by molar-refractivity contribution is -0.384. The molecule has 1 N–H and O–H groups in total. The number of hydrogen-bond acceptors (Lipinski definition) is 9. The maximum atomic E-state index is 10.8. The number of tetrazole rings is 1. The van der Waals surface area contributed by atoms with Crippen LogP contribution in [0.1, 0.15) is 11.1 Å². The van der Waals surface area contributed by atoms with Crippen LogP contribution in [0.4, 0.5) is 5.69 Å². The number of aromatic nitrogens is 4. The number of hydrogen-bond donors (Lipinski definition) is 1. The molecule has 1 aromatic heterocycles. The quantitative estimate of drug-likeness (QED) is 0.197. The molecule has 3 aromatic rings. The molecule has 12 heteroatoms. The number of benzene rings is 2. The number of ether oxygens (including phenoxy) is 2. The van der Waals surface area contributed by atoms with E-state index < -0.39 is 4.92 Å². The third-order valence-corrected chi connectivity index (χ3v) is 5.65. The molecule has 0 saturated carbocycles. The predicted molar refractivity (Wildman–Crippen MR) is 117 cm³/mol. The van der Waals surface area contributed by atoms with Crippen molar-refractivity contribution in [2.24, 2.45) is 7.05 Å². The highest BCUT2D eigenvalue weighted by Crippen LogP contribution is 2.34. The molecule has 0 amide bonds. The standard InChI is InChI=1S/C19H21ClN6O4S/c1-25-19(22-23-24-25)31-8-7-21-11-14-9-17(29-2)18(10-16(14)20)30-12-13-3-5-15(6-4-13)26(27)28/h3-6,9-10,21H,7-8,11-12H2,1-2H3. The summed E-state index contributed by atoms with van der Waals surface area (Å²) in [7, 11) is 3.36. The molecule has 2 aromatic carbocycles. The summed E-state index contributed by atoms with van der Waals surface area (Å²) in [6.07, 6.45) is 0. The van der Waals surface area contributed by atoms with Gasteiger partial charge in [-0.25, -0.2) is 4.68 Å². The van der Waals surface area contributed by atoms with Gasteiger partial charge < -0.3 is 14.8 Å². The summed E-state index contributed by atoms with van der Waals surface area (Å²) >= 11 is 7.98. The van der Waals surface area contributed by atoms with Gasteiger partial charge in [0.15, 0.2) is 11.5 Å². The Balaban J connectivity index is 1.53. The Morgan fingerprint density at radius 2 is 2.03 bits per heavy atom. The molecule has 0 unspecified atom stereocenters. The number of rotatable bonds is 11. The number of nitrogens with zero attached hydrogens (tertiary/aromatic N) is 5. The average Bonchev–Trinajstić information content (AvgIpc) is 3.18. The molecule has 0 spiro atoms. The van der Waals surface area contributed by atoms with Crippen LogP contribution in [0.5, 0.6) is 11.5 Å². The summed E-state index contributed by atoms with van der Waals surface area (Å²) in [5.74, 6) is 1.86. The topological polar surface area (TPSA) is 117 Å². The molecular weight excluding hydrogens is 444 g/mol. The van der Waals surface area contributed by atoms with Crippen LogP contribution < -0.4 is 14.8 Å². The van der Waals surface area contributed by atoms with Crippen LogP contribution in [-0.2, 0) is 20.2 Å². The first-order valence-electron chi connectivity index (χ1n) is 9.26. The van der Waals surface area contributed by atoms with Crippen molar-refractivity contribution >= 4 is 29.1 Å². The zero-order valence-corrected chi connectivity index (χ0v) is 18.5. The summed E-state index contributed by atoms with van der Waals surface area (Å²) < 4.78 is 12.9. The normalized spacial score (nSPS) is 10.8. The van der Waals surface area contributed by atoms with Crippen molar-refractivity contribution in [3.05, 3.63) is 62.7 Å². The molecule has 0 radical (unpaired) electrons. The van der Waals surface area contributed by atoms with Gasteiger partial charge in [-0.05, 0) is 39.8 Å². The Morgan fingerprint density at radius 1 is 1.26 bits per heavy atom. The first kappa shape index (κ1) is 22.8. The zero-order valence-electron chi connectivity index (χ0n) is 16.9. The predicted octanol–water partition coefficient (Wildman–Crippen LogP) is 3.24. The summed E-state index contributed by atoms with van der Waals surface area (Å²) in [6, 6.07) is 9.73. The van der Waals surface area contributed by atoms with E-state index in [1.807, 2.05) is 6.07 Å². The summed E-state index contributed by atoms with van der Waals surface area (Å²) in [5.41, 5.74) is 1.71. The van der Waals surface area contributed by atoms with Crippen molar-refractivity contribution in [3.63, 3.8) is 0 Å². The van der Waals surface area contributed by atoms with Crippen LogP contribution in [0.3, 0.4) is 0 Å². The first-order valence-corrected chi connectivity index (χ1v) is 10.6. The molecule has 31 heavy (non-hydrogen) atoms. The van der Waals surface area contributed by atoms with Gasteiger partial charge in [0, 0.05) is 49.1 Å². The first-order chi connectivity index (χ1) is 15.0. The van der Waals surface area contributed by atoms with Crippen LogP contribution >= 0.6 is 23.4 Å². The van der Waals surface area contributed by atoms with Gasteiger partial charge in [0.1, 0.15) is 6.61 Å². The van der Waals surface area contributed by atoms with E-state index in [1.165, 1.54) is 12.1 Å². The lowest BCUT2D eigenvalue weighted by Crippen LogP contribution is -2.17. The lowest BCUT2D eigenvalue weighted by Gasteiger charge is -2.14. The average molecular weight is 465 g/mol. The van der Waals surface area contributed by atoms with Crippen LogP contribution in [-0.4, -0.2) is 44.5 Å². The van der Waals surface area contributed by atoms with Gasteiger partial charge in [0.05, 0.1) is 12.0 Å². The van der Waals surface area contributed by atoms with Crippen molar-refractivity contribution in [2.75, 3.05) is 19.4 Å². The second-order valence-electron chi connectivity index (χ2n) is 6.42. The molecule has 0 fully saturated rings. The minimum absolute atomic E-state index is 0.0351. The summed E-state index contributed by atoms with van der Waals surface area (Å²) in [4.78, 5) is 10.3. The second kappa shape index (κ2) is 10.9. The smallest absolute Gasteiger partial charge is 0.269 e. The molecular formula is C19H21ClN6O4S. The van der Waals surface area contributed by atoms with Crippen LogP contribution in [0.15, 0.2) is 41.6 Å². The SMILES string of the molecule is COc1cc(CNCCSc2nnnn2C)c(Cl)cc1OCc1ccc([N+](=O)[O-])cc1. The summed E-state index contributed by atoms with van der Waals surface area (Å²) in [5, 5.41) is 26.7. The van der Waals surface area contributed by atoms with Gasteiger partial charge in [0.25, 0.3) is 5.69 Å². The minimum Gasteiger partial charge on any atom is -0.493 e. The van der Waals surface area contributed by atoms with E-state index in [4.69, 9.17) is 21.1 Å². The third kappa shape index (κ3) is 6.29. The van der Waals surface area contributed by atoms with E-state index >= 15 is 0 Å². The van der Waals surface area contributed by atoms with E-state index in [9.17, 15) is 10.1 Å². The molecule has 1 heterocycles. The molecule has 0 atom stereocenters. The van der Waals surface area contributed by atoms with E-state index in [1.54, 1.807) is 48.8 Å². The number of non-ortho nitro benzene ring substituents is 1. The maximum absolute atomic E-state index is 10.8. The van der Waals surface area contributed by atoms with Crippen molar-refractivity contribution in [1.29, 1.82) is 0 Å². The maximum Gasteiger partial charge on any atom is 0.269 e. The van der Waals surface area contributed by atoms with Crippen molar-refractivity contribution < 1.29 is 14.4 Å². The second-order valence-corrected chi connectivity index (χ2v) is 7.89. The molecule has 10 nitrogen and oxygen atoms in total. The monoisotopic (exact) mass is 464 g/mol. The van der Waals surface area contributed by atoms with E-state index in [-0.39, 0.29) is 12.3 Å². The lowest BCUT2D eigenvalue weighted by atomic mass is 10.2. The van der Waals surface area contributed by atoms with Crippen molar-refractivity contribution in [3.8, 4) is 11.5 Å². The largest absolute Gasteiger partial charge is 0.493 e. The van der Waals surface area contributed by atoms with Gasteiger partial charge in [0.2, 0.25) is 5.16 Å². The number of nitro groups is 1. The van der Waals surface area contributed by atoms with Gasteiger partial charge in [-0.1, -0.05) is 23.4 Å². The number of aryl methyl sites for hydroxylation is 1. The molecule has 0 aliphatic rings. The molecule has 164 valence electrons. The number of methoxy groups -OCH3 is 1.